The number of rotatable bonds is 7. The summed E-state index contributed by atoms with van der Waals surface area (Å²) in [6.45, 7) is 5.89. The summed E-state index contributed by atoms with van der Waals surface area (Å²) in [6.07, 6.45) is 10.2. The fourth-order valence-electron chi connectivity index (χ4n) is 5.27. The maximum atomic E-state index is 13.4. The van der Waals surface area contributed by atoms with Crippen LogP contribution in [0.5, 0.6) is 0 Å². The Morgan fingerprint density at radius 1 is 1.03 bits per heavy atom. The molecule has 32 heavy (non-hydrogen) atoms. The zero-order valence-corrected chi connectivity index (χ0v) is 19.3. The van der Waals surface area contributed by atoms with Crippen molar-refractivity contribution >= 4 is 11.8 Å². The number of piperidine rings is 1. The number of benzene rings is 1. The average Bonchev–Trinajstić information content (AvgIpc) is 3.15. The van der Waals surface area contributed by atoms with Crippen LogP contribution >= 0.6 is 0 Å². The van der Waals surface area contributed by atoms with Gasteiger partial charge in [0.1, 0.15) is 5.82 Å². The van der Waals surface area contributed by atoms with Gasteiger partial charge in [-0.2, -0.15) is 0 Å². The molecule has 0 N–H and O–H groups in total. The first kappa shape index (κ1) is 22.6. The van der Waals surface area contributed by atoms with Crippen LogP contribution in [0.3, 0.4) is 0 Å². The molecule has 2 aliphatic heterocycles. The van der Waals surface area contributed by atoms with E-state index in [0.29, 0.717) is 24.8 Å². The van der Waals surface area contributed by atoms with Crippen molar-refractivity contribution in [3.05, 3.63) is 54.1 Å². The minimum atomic E-state index is 0.124. The number of aromatic nitrogens is 2. The minimum Gasteiger partial charge on any atom is -0.343 e. The van der Waals surface area contributed by atoms with Crippen molar-refractivity contribution in [1.82, 2.24) is 19.4 Å². The van der Waals surface area contributed by atoms with Gasteiger partial charge in [-0.15, -0.1) is 0 Å². The van der Waals surface area contributed by atoms with Crippen LogP contribution in [0.4, 0.5) is 0 Å². The maximum absolute atomic E-state index is 13.4. The van der Waals surface area contributed by atoms with Crippen LogP contribution in [0, 0.1) is 18.8 Å². The highest BCUT2D eigenvalue weighted by Gasteiger charge is 2.35. The fourth-order valence-corrected chi connectivity index (χ4v) is 5.27. The molecule has 1 aromatic carbocycles. The van der Waals surface area contributed by atoms with E-state index in [1.54, 1.807) is 6.20 Å². The Balaban J connectivity index is 1.27. The standard InChI is InChI=1S/C26H36N4O2/c1-21-27-14-20-28(21)19-13-25(31)29-17-11-23(12-18-29)24-9-5-6-15-30(26(24)32)16-10-22-7-3-2-4-8-22/h2-4,7-8,14,20,23-24H,5-6,9-13,15-19H2,1H3/t24-/m1/s1. The Kier molecular flexibility index (Phi) is 7.61. The lowest BCUT2D eigenvalue weighted by atomic mass is 9.81. The highest BCUT2D eigenvalue weighted by molar-refractivity contribution is 5.79. The topological polar surface area (TPSA) is 58.4 Å². The highest BCUT2D eigenvalue weighted by Crippen LogP contribution is 2.32. The van der Waals surface area contributed by atoms with Gasteiger partial charge < -0.3 is 14.4 Å². The second kappa shape index (κ2) is 10.8. The Hall–Kier alpha value is -2.63. The molecule has 0 saturated carbocycles. The van der Waals surface area contributed by atoms with Crippen molar-refractivity contribution in [2.45, 2.75) is 58.4 Å². The van der Waals surface area contributed by atoms with Crippen molar-refractivity contribution in [2.75, 3.05) is 26.2 Å². The highest BCUT2D eigenvalue weighted by atomic mass is 16.2. The maximum Gasteiger partial charge on any atom is 0.225 e. The number of carbonyl (C=O) groups excluding carboxylic acids is 2. The van der Waals surface area contributed by atoms with Crippen LogP contribution in [-0.4, -0.2) is 57.3 Å². The molecule has 6 heteroatoms. The van der Waals surface area contributed by atoms with Gasteiger partial charge in [-0.25, -0.2) is 4.98 Å². The normalized spacial score (nSPS) is 20.4. The van der Waals surface area contributed by atoms with E-state index in [2.05, 4.69) is 34.1 Å². The molecule has 2 amide bonds. The summed E-state index contributed by atoms with van der Waals surface area (Å²) in [5.74, 6) is 2.03. The molecule has 0 aliphatic carbocycles. The van der Waals surface area contributed by atoms with Crippen molar-refractivity contribution in [2.24, 2.45) is 11.8 Å². The molecule has 0 radical (unpaired) electrons. The summed E-state index contributed by atoms with van der Waals surface area (Å²) in [4.78, 5) is 34.4. The second-order valence-corrected chi connectivity index (χ2v) is 9.30. The molecule has 3 heterocycles. The summed E-state index contributed by atoms with van der Waals surface area (Å²) in [5, 5.41) is 0. The Morgan fingerprint density at radius 2 is 1.81 bits per heavy atom. The van der Waals surface area contributed by atoms with E-state index in [9.17, 15) is 9.59 Å². The van der Waals surface area contributed by atoms with Gasteiger partial charge in [-0.1, -0.05) is 36.8 Å². The van der Waals surface area contributed by atoms with E-state index in [1.165, 1.54) is 5.56 Å². The number of nitrogens with zero attached hydrogens (tertiary/aromatic N) is 4. The summed E-state index contributed by atoms with van der Waals surface area (Å²) in [6, 6.07) is 10.4. The number of hydrogen-bond donors (Lipinski definition) is 0. The molecule has 1 aromatic heterocycles. The lowest BCUT2D eigenvalue weighted by molar-refractivity contribution is -0.138. The van der Waals surface area contributed by atoms with Crippen molar-refractivity contribution < 1.29 is 9.59 Å². The predicted molar refractivity (Wildman–Crippen MR) is 125 cm³/mol. The number of likely N-dealkylation sites (tertiary alicyclic amines) is 2. The number of amides is 2. The molecule has 2 saturated heterocycles. The Labute approximate surface area is 191 Å². The molecule has 2 aromatic rings. The van der Waals surface area contributed by atoms with Crippen molar-refractivity contribution in [3.8, 4) is 0 Å². The molecule has 172 valence electrons. The van der Waals surface area contributed by atoms with Gasteiger partial charge in [0.2, 0.25) is 11.8 Å². The third-order valence-electron chi connectivity index (χ3n) is 7.29. The van der Waals surface area contributed by atoms with E-state index in [-0.39, 0.29) is 11.8 Å². The monoisotopic (exact) mass is 436 g/mol. The van der Waals surface area contributed by atoms with Crippen LogP contribution in [-0.2, 0) is 22.6 Å². The second-order valence-electron chi connectivity index (χ2n) is 9.30. The molecule has 2 aliphatic rings. The van der Waals surface area contributed by atoms with Crippen LogP contribution in [0.25, 0.3) is 0 Å². The minimum absolute atomic E-state index is 0.124. The summed E-state index contributed by atoms with van der Waals surface area (Å²) < 4.78 is 2.03. The molecule has 4 rings (SSSR count). The summed E-state index contributed by atoms with van der Waals surface area (Å²) in [7, 11) is 0. The molecule has 0 bridgehead atoms. The molecule has 0 spiro atoms. The first-order chi connectivity index (χ1) is 15.6. The predicted octanol–water partition coefficient (Wildman–Crippen LogP) is 3.69. The van der Waals surface area contributed by atoms with Crippen LogP contribution in [0.1, 0.15) is 49.9 Å². The zero-order chi connectivity index (χ0) is 22.3. The van der Waals surface area contributed by atoms with Crippen molar-refractivity contribution in [3.63, 3.8) is 0 Å². The van der Waals surface area contributed by atoms with E-state index >= 15 is 0 Å². The first-order valence-electron chi connectivity index (χ1n) is 12.2. The third-order valence-corrected chi connectivity index (χ3v) is 7.29. The molecule has 1 atom stereocenters. The first-order valence-corrected chi connectivity index (χ1v) is 12.2. The average molecular weight is 437 g/mol. The SMILES string of the molecule is Cc1nccn1CCC(=O)N1CCC([C@H]2CCCCN(CCc3ccccc3)C2=O)CC1. The largest absolute Gasteiger partial charge is 0.343 e. The van der Waals surface area contributed by atoms with E-state index < -0.39 is 0 Å². The smallest absolute Gasteiger partial charge is 0.225 e. The Morgan fingerprint density at radius 3 is 2.53 bits per heavy atom. The van der Waals surface area contributed by atoms with Gasteiger partial charge in [-0.3, -0.25) is 9.59 Å². The van der Waals surface area contributed by atoms with Crippen LogP contribution in [0.2, 0.25) is 0 Å². The number of hydrogen-bond acceptors (Lipinski definition) is 3. The fraction of sp³-hybridized carbons (Fsp3) is 0.577. The number of aryl methyl sites for hydroxylation is 2. The van der Waals surface area contributed by atoms with Gasteiger partial charge in [0, 0.05) is 57.5 Å². The number of carbonyl (C=O) groups is 2. The lowest BCUT2D eigenvalue weighted by Crippen LogP contribution is -2.44. The van der Waals surface area contributed by atoms with E-state index in [0.717, 1.165) is 70.5 Å². The molecule has 0 unspecified atom stereocenters. The molecule has 2 fully saturated rings. The third kappa shape index (κ3) is 5.59. The van der Waals surface area contributed by atoms with E-state index in [1.807, 2.05) is 28.7 Å². The van der Waals surface area contributed by atoms with Crippen LogP contribution < -0.4 is 0 Å². The van der Waals surface area contributed by atoms with Crippen LogP contribution in [0.15, 0.2) is 42.7 Å². The molecular weight excluding hydrogens is 400 g/mol. The molecule has 6 nitrogen and oxygen atoms in total. The summed E-state index contributed by atoms with van der Waals surface area (Å²) in [5.41, 5.74) is 1.29. The van der Waals surface area contributed by atoms with Gasteiger partial charge in [0.15, 0.2) is 0 Å². The zero-order valence-electron chi connectivity index (χ0n) is 19.3. The quantitative estimate of drug-likeness (QED) is 0.665. The van der Waals surface area contributed by atoms with Gasteiger partial charge in [0.05, 0.1) is 0 Å². The van der Waals surface area contributed by atoms with Gasteiger partial charge in [-0.05, 0) is 50.5 Å². The van der Waals surface area contributed by atoms with E-state index in [4.69, 9.17) is 0 Å². The van der Waals surface area contributed by atoms with Gasteiger partial charge >= 0.3 is 0 Å². The Bertz CT molecular complexity index is 886. The summed E-state index contributed by atoms with van der Waals surface area (Å²) >= 11 is 0. The lowest BCUT2D eigenvalue weighted by Gasteiger charge is -2.36. The number of imidazole rings is 1. The van der Waals surface area contributed by atoms with Crippen molar-refractivity contribution in [1.29, 1.82) is 0 Å². The van der Waals surface area contributed by atoms with Gasteiger partial charge in [0.25, 0.3) is 0 Å². The molecular formula is C26H36N4O2.